The Morgan fingerprint density at radius 3 is 2.63 bits per heavy atom. The molecule has 0 aliphatic heterocycles. The lowest BCUT2D eigenvalue weighted by Crippen LogP contribution is -2.14. The Morgan fingerprint density at radius 1 is 1.11 bits per heavy atom. The summed E-state index contributed by atoms with van der Waals surface area (Å²) in [7, 11) is 0. The third-order valence-corrected chi connectivity index (χ3v) is 4.30. The topological polar surface area (TPSA) is 77.8 Å². The molecule has 1 amide bonds. The lowest BCUT2D eigenvalue weighted by atomic mass is 10.1. The number of benzene rings is 2. The van der Waals surface area contributed by atoms with Gasteiger partial charge in [-0.25, -0.2) is 4.98 Å². The summed E-state index contributed by atoms with van der Waals surface area (Å²) in [6.45, 7) is 4.17. The van der Waals surface area contributed by atoms with Crippen LogP contribution < -0.4 is 10.6 Å². The highest BCUT2D eigenvalue weighted by atomic mass is 16.1. The van der Waals surface area contributed by atoms with Crippen LogP contribution >= 0.6 is 0 Å². The summed E-state index contributed by atoms with van der Waals surface area (Å²) in [5.41, 5.74) is 5.44. The highest BCUT2D eigenvalue weighted by molar-refractivity contribution is 6.03. The van der Waals surface area contributed by atoms with Crippen molar-refractivity contribution in [3.05, 3.63) is 83.2 Å². The number of hydrogen-bond donors (Lipinski definition) is 2. The molecule has 5 heteroatoms. The van der Waals surface area contributed by atoms with Gasteiger partial charge >= 0.3 is 0 Å². The number of carbonyl (C=O) groups excluding carboxylic acids is 1. The van der Waals surface area contributed by atoms with Crippen molar-refractivity contribution in [2.75, 3.05) is 10.6 Å². The summed E-state index contributed by atoms with van der Waals surface area (Å²) in [6.07, 6.45) is 2.56. The number of aryl methyl sites for hydroxylation is 2. The number of pyridine rings is 1. The molecule has 0 aliphatic rings. The second kappa shape index (κ2) is 8.15. The van der Waals surface area contributed by atoms with E-state index in [1.165, 1.54) is 5.56 Å². The number of hydrogen-bond acceptors (Lipinski definition) is 4. The van der Waals surface area contributed by atoms with Crippen molar-refractivity contribution in [3.63, 3.8) is 0 Å². The number of rotatable bonds is 5. The van der Waals surface area contributed by atoms with Crippen molar-refractivity contribution >= 4 is 23.0 Å². The normalized spacial score (nSPS) is 10.1. The highest BCUT2D eigenvalue weighted by Crippen LogP contribution is 2.25. The van der Waals surface area contributed by atoms with Crippen LogP contribution in [0.4, 0.5) is 17.1 Å². The zero-order valence-electron chi connectivity index (χ0n) is 15.3. The van der Waals surface area contributed by atoms with Crippen LogP contribution in [0.15, 0.2) is 60.8 Å². The Balaban J connectivity index is 1.76. The van der Waals surface area contributed by atoms with Gasteiger partial charge in [-0.05, 0) is 48.7 Å². The molecule has 0 saturated heterocycles. The van der Waals surface area contributed by atoms with Gasteiger partial charge in [-0.15, -0.1) is 0 Å². The van der Waals surface area contributed by atoms with E-state index >= 15 is 0 Å². The molecule has 0 radical (unpaired) electrons. The van der Waals surface area contributed by atoms with Gasteiger partial charge < -0.3 is 10.6 Å². The number of aromatic nitrogens is 1. The Hall–Kier alpha value is -3.65. The largest absolute Gasteiger partial charge is 0.354 e. The van der Waals surface area contributed by atoms with E-state index < -0.39 is 0 Å². The SMILES string of the molecule is CCc1cccc(C)c1Nc1ccc(C(=O)Nc2ccccc2C#N)nc1. The monoisotopic (exact) mass is 356 g/mol. The smallest absolute Gasteiger partial charge is 0.274 e. The first kappa shape index (κ1) is 18.2. The molecule has 0 unspecified atom stereocenters. The molecule has 0 saturated carbocycles. The van der Waals surface area contributed by atoms with E-state index in [2.05, 4.69) is 47.7 Å². The number of para-hydroxylation sites is 2. The maximum Gasteiger partial charge on any atom is 0.274 e. The van der Waals surface area contributed by atoms with Crippen LogP contribution in [0.2, 0.25) is 0 Å². The van der Waals surface area contributed by atoms with Crippen molar-refractivity contribution < 1.29 is 4.79 Å². The molecular weight excluding hydrogens is 336 g/mol. The summed E-state index contributed by atoms with van der Waals surface area (Å²) in [4.78, 5) is 16.7. The van der Waals surface area contributed by atoms with Gasteiger partial charge in [0.2, 0.25) is 0 Å². The first-order valence-electron chi connectivity index (χ1n) is 8.74. The van der Waals surface area contributed by atoms with Crippen LogP contribution in [0.3, 0.4) is 0 Å². The number of nitriles is 1. The van der Waals surface area contributed by atoms with Crippen LogP contribution in [-0.2, 0) is 6.42 Å². The molecule has 0 atom stereocenters. The lowest BCUT2D eigenvalue weighted by Gasteiger charge is -2.14. The molecule has 5 nitrogen and oxygen atoms in total. The van der Waals surface area contributed by atoms with Crippen molar-refractivity contribution in [1.82, 2.24) is 4.98 Å². The Morgan fingerprint density at radius 2 is 1.93 bits per heavy atom. The molecule has 2 N–H and O–H groups in total. The van der Waals surface area contributed by atoms with E-state index in [0.29, 0.717) is 11.3 Å². The molecule has 3 aromatic rings. The predicted octanol–water partition coefficient (Wildman–Crippen LogP) is 4.82. The van der Waals surface area contributed by atoms with E-state index in [0.717, 1.165) is 23.4 Å². The molecule has 0 spiro atoms. The van der Waals surface area contributed by atoms with Crippen LogP contribution in [0, 0.1) is 18.3 Å². The Kier molecular flexibility index (Phi) is 5.48. The lowest BCUT2D eigenvalue weighted by molar-refractivity contribution is 0.102. The summed E-state index contributed by atoms with van der Waals surface area (Å²) in [5, 5.41) is 15.2. The molecule has 3 rings (SSSR count). The second-order valence-corrected chi connectivity index (χ2v) is 6.13. The van der Waals surface area contributed by atoms with Gasteiger partial charge in [0.25, 0.3) is 5.91 Å². The second-order valence-electron chi connectivity index (χ2n) is 6.13. The fourth-order valence-corrected chi connectivity index (χ4v) is 2.82. The molecule has 1 aromatic heterocycles. The molecule has 27 heavy (non-hydrogen) atoms. The maximum atomic E-state index is 12.4. The molecule has 134 valence electrons. The summed E-state index contributed by atoms with van der Waals surface area (Å²) in [6, 6.07) is 18.6. The van der Waals surface area contributed by atoms with Gasteiger partial charge in [0, 0.05) is 5.69 Å². The first-order valence-corrected chi connectivity index (χ1v) is 8.74. The number of nitrogens with one attached hydrogen (secondary N) is 2. The number of carbonyl (C=O) groups is 1. The average molecular weight is 356 g/mol. The quantitative estimate of drug-likeness (QED) is 0.687. The minimum atomic E-state index is -0.352. The van der Waals surface area contributed by atoms with Gasteiger partial charge in [-0.1, -0.05) is 37.3 Å². The molecule has 2 aromatic carbocycles. The van der Waals surface area contributed by atoms with Gasteiger partial charge in [0.15, 0.2) is 0 Å². The molecular formula is C22H20N4O. The van der Waals surface area contributed by atoms with Crippen molar-refractivity contribution in [3.8, 4) is 6.07 Å². The van der Waals surface area contributed by atoms with E-state index in [4.69, 9.17) is 5.26 Å². The average Bonchev–Trinajstić information content (AvgIpc) is 2.70. The molecule has 1 heterocycles. The minimum Gasteiger partial charge on any atom is -0.354 e. The third-order valence-electron chi connectivity index (χ3n) is 4.30. The standard InChI is InChI=1S/C22H20N4O/c1-3-16-9-6-7-15(2)21(16)25-18-11-12-20(24-14-18)22(27)26-19-10-5-4-8-17(19)13-23/h4-12,14,25H,3H2,1-2H3,(H,26,27). The fraction of sp³-hybridized carbons (Fsp3) is 0.136. The van der Waals surface area contributed by atoms with Gasteiger partial charge in [-0.3, -0.25) is 4.79 Å². The van der Waals surface area contributed by atoms with E-state index in [-0.39, 0.29) is 11.6 Å². The Bertz CT molecular complexity index is 1000. The zero-order chi connectivity index (χ0) is 19.2. The van der Waals surface area contributed by atoms with Crippen LogP contribution in [0.25, 0.3) is 0 Å². The van der Waals surface area contributed by atoms with Crippen molar-refractivity contribution in [2.24, 2.45) is 0 Å². The summed E-state index contributed by atoms with van der Waals surface area (Å²) < 4.78 is 0. The van der Waals surface area contributed by atoms with E-state index in [9.17, 15) is 4.79 Å². The van der Waals surface area contributed by atoms with Crippen LogP contribution in [0.1, 0.15) is 34.1 Å². The summed E-state index contributed by atoms with van der Waals surface area (Å²) in [5.74, 6) is -0.352. The third kappa shape index (κ3) is 4.13. The number of amides is 1. The van der Waals surface area contributed by atoms with E-state index in [1.807, 2.05) is 12.1 Å². The number of anilines is 3. The maximum absolute atomic E-state index is 12.4. The zero-order valence-corrected chi connectivity index (χ0v) is 15.3. The van der Waals surface area contributed by atoms with Crippen molar-refractivity contribution in [2.45, 2.75) is 20.3 Å². The predicted molar refractivity (Wildman–Crippen MR) is 107 cm³/mol. The van der Waals surface area contributed by atoms with Crippen molar-refractivity contribution in [1.29, 1.82) is 5.26 Å². The molecule has 0 bridgehead atoms. The fourth-order valence-electron chi connectivity index (χ4n) is 2.82. The van der Waals surface area contributed by atoms with Gasteiger partial charge in [0.1, 0.15) is 11.8 Å². The van der Waals surface area contributed by atoms with Gasteiger partial charge in [-0.2, -0.15) is 5.26 Å². The van der Waals surface area contributed by atoms with E-state index in [1.54, 1.807) is 36.5 Å². The molecule has 0 aliphatic carbocycles. The molecule has 0 fully saturated rings. The van der Waals surface area contributed by atoms with Crippen LogP contribution in [0.5, 0.6) is 0 Å². The Labute approximate surface area is 158 Å². The minimum absolute atomic E-state index is 0.286. The van der Waals surface area contributed by atoms with Gasteiger partial charge in [0.05, 0.1) is 23.1 Å². The summed E-state index contributed by atoms with van der Waals surface area (Å²) >= 11 is 0. The van der Waals surface area contributed by atoms with Crippen LogP contribution in [-0.4, -0.2) is 10.9 Å². The number of nitrogens with zero attached hydrogens (tertiary/aromatic N) is 2. The highest BCUT2D eigenvalue weighted by Gasteiger charge is 2.11. The first-order chi connectivity index (χ1) is 13.1.